The zero-order chi connectivity index (χ0) is 16.0. The van der Waals surface area contributed by atoms with Gasteiger partial charge in [-0.05, 0) is 13.8 Å². The molecule has 10 heteroatoms. The molecule has 0 saturated heterocycles. The number of aromatic nitrogens is 2. The van der Waals surface area contributed by atoms with Gasteiger partial charge in [0.25, 0.3) is 23.1 Å². The standard InChI is InChI=1S/C12H8N4O6/c1-5-7(15(17)18)3-9-11(13-5)21-10-4-8(16(19)20)6(2)14-12(10)22-9/h3-4H,1-2H3. The smallest absolute Gasteiger partial charge is 0.294 e. The van der Waals surface area contributed by atoms with Crippen molar-refractivity contribution in [3.8, 4) is 23.3 Å². The number of rotatable bonds is 2. The zero-order valence-corrected chi connectivity index (χ0v) is 11.4. The molecule has 10 nitrogen and oxygen atoms in total. The minimum absolute atomic E-state index is 0.00412. The van der Waals surface area contributed by atoms with Crippen molar-refractivity contribution in [3.05, 3.63) is 43.7 Å². The number of hydrogen-bond donors (Lipinski definition) is 0. The van der Waals surface area contributed by atoms with Crippen molar-refractivity contribution < 1.29 is 19.3 Å². The van der Waals surface area contributed by atoms with Crippen LogP contribution < -0.4 is 9.47 Å². The van der Waals surface area contributed by atoms with E-state index in [9.17, 15) is 20.2 Å². The van der Waals surface area contributed by atoms with Crippen molar-refractivity contribution in [3.63, 3.8) is 0 Å². The first-order chi connectivity index (χ1) is 10.4. The highest BCUT2D eigenvalue weighted by Gasteiger charge is 2.29. The highest BCUT2D eigenvalue weighted by atomic mass is 16.6. The highest BCUT2D eigenvalue weighted by Crippen LogP contribution is 2.46. The third-order valence-corrected chi connectivity index (χ3v) is 3.04. The fourth-order valence-electron chi connectivity index (χ4n) is 1.98. The topological polar surface area (TPSA) is 131 Å². The molecule has 0 unspecified atom stereocenters. The SMILES string of the molecule is Cc1nc2c(cc1[N+](=O)[O-])Oc1nc(C)c([N+](=O)[O-])cc1O2. The fourth-order valence-corrected chi connectivity index (χ4v) is 1.98. The van der Waals surface area contributed by atoms with E-state index in [1.165, 1.54) is 26.0 Å². The fraction of sp³-hybridized carbons (Fsp3) is 0.167. The number of pyridine rings is 2. The number of hydrogen-bond acceptors (Lipinski definition) is 8. The molecule has 2 aromatic heterocycles. The quantitative estimate of drug-likeness (QED) is 0.521. The summed E-state index contributed by atoms with van der Waals surface area (Å²) in [6.45, 7) is 2.90. The third-order valence-electron chi connectivity index (χ3n) is 3.04. The van der Waals surface area contributed by atoms with Crippen LogP contribution in [0.4, 0.5) is 11.4 Å². The van der Waals surface area contributed by atoms with Crippen LogP contribution in [0.5, 0.6) is 23.3 Å². The maximum Gasteiger partial charge on any atom is 0.294 e. The van der Waals surface area contributed by atoms with Gasteiger partial charge < -0.3 is 9.47 Å². The minimum atomic E-state index is -0.587. The average Bonchev–Trinajstić information content (AvgIpc) is 2.43. The number of nitrogens with zero attached hydrogens (tertiary/aromatic N) is 4. The molecule has 0 aliphatic carbocycles. The first-order valence-electron chi connectivity index (χ1n) is 6.04. The van der Waals surface area contributed by atoms with Gasteiger partial charge in [-0.1, -0.05) is 0 Å². The molecule has 22 heavy (non-hydrogen) atoms. The lowest BCUT2D eigenvalue weighted by Gasteiger charge is -2.18. The van der Waals surface area contributed by atoms with Gasteiger partial charge in [0.15, 0.2) is 11.5 Å². The Hall–Kier alpha value is -3.30. The molecule has 0 N–H and O–H groups in total. The molecule has 0 spiro atoms. The van der Waals surface area contributed by atoms with Gasteiger partial charge in [-0.15, -0.1) is 0 Å². The molecule has 0 saturated carbocycles. The zero-order valence-electron chi connectivity index (χ0n) is 11.4. The number of ether oxygens (including phenoxy) is 2. The second-order valence-corrected chi connectivity index (χ2v) is 4.51. The summed E-state index contributed by atoms with van der Waals surface area (Å²) < 4.78 is 10.8. The minimum Gasteiger partial charge on any atom is -0.430 e. The van der Waals surface area contributed by atoms with Crippen molar-refractivity contribution in [1.29, 1.82) is 0 Å². The Labute approximate surface area is 122 Å². The van der Waals surface area contributed by atoms with Crippen LogP contribution in [0.1, 0.15) is 11.4 Å². The lowest BCUT2D eigenvalue weighted by molar-refractivity contribution is -0.386. The molecule has 0 fully saturated rings. The van der Waals surface area contributed by atoms with Crippen molar-refractivity contribution in [2.45, 2.75) is 13.8 Å². The Bertz CT molecular complexity index is 765. The molecular formula is C12H8N4O6. The third kappa shape index (κ3) is 2.06. The van der Waals surface area contributed by atoms with Crippen LogP contribution in [-0.2, 0) is 0 Å². The van der Waals surface area contributed by atoms with E-state index in [1.54, 1.807) is 0 Å². The first kappa shape index (κ1) is 13.7. The van der Waals surface area contributed by atoms with Crippen LogP contribution >= 0.6 is 0 Å². The molecule has 1 aliphatic rings. The van der Waals surface area contributed by atoms with Crippen LogP contribution in [0.2, 0.25) is 0 Å². The summed E-state index contributed by atoms with van der Waals surface area (Å²) >= 11 is 0. The second-order valence-electron chi connectivity index (χ2n) is 4.51. The predicted molar refractivity (Wildman–Crippen MR) is 71.4 cm³/mol. The summed E-state index contributed by atoms with van der Waals surface area (Å²) in [5.41, 5.74) is -0.149. The maximum absolute atomic E-state index is 10.9. The van der Waals surface area contributed by atoms with Crippen LogP contribution in [0, 0.1) is 34.1 Å². The van der Waals surface area contributed by atoms with E-state index in [-0.39, 0.29) is 46.0 Å². The Morgan fingerprint density at radius 3 is 1.55 bits per heavy atom. The van der Waals surface area contributed by atoms with Crippen LogP contribution in [0.15, 0.2) is 12.1 Å². The highest BCUT2D eigenvalue weighted by molar-refractivity contribution is 5.57. The van der Waals surface area contributed by atoms with Crippen molar-refractivity contribution in [1.82, 2.24) is 9.97 Å². The molecule has 0 aromatic carbocycles. The average molecular weight is 304 g/mol. The maximum atomic E-state index is 10.9. The largest absolute Gasteiger partial charge is 0.430 e. The normalized spacial score (nSPS) is 11.7. The van der Waals surface area contributed by atoms with Gasteiger partial charge in [-0.25, -0.2) is 9.97 Å². The number of aryl methyl sites for hydroxylation is 2. The van der Waals surface area contributed by atoms with Crippen molar-refractivity contribution in [2.75, 3.05) is 0 Å². The summed E-state index contributed by atoms with van der Waals surface area (Å²) in [5, 5.41) is 21.8. The van der Waals surface area contributed by atoms with E-state index >= 15 is 0 Å². The molecular weight excluding hydrogens is 296 g/mol. The number of nitro groups is 2. The van der Waals surface area contributed by atoms with Gasteiger partial charge >= 0.3 is 0 Å². The van der Waals surface area contributed by atoms with Gasteiger partial charge in [0.1, 0.15) is 11.4 Å². The second kappa shape index (κ2) is 4.62. The van der Waals surface area contributed by atoms with E-state index in [2.05, 4.69) is 9.97 Å². The Kier molecular flexibility index (Phi) is 2.87. The summed E-state index contributed by atoms with van der Waals surface area (Å²) in [5.74, 6) is 0.0576. The van der Waals surface area contributed by atoms with E-state index in [0.717, 1.165) is 0 Å². The molecule has 1 aliphatic heterocycles. The predicted octanol–water partition coefficient (Wildman–Crippen LogP) is 2.81. The molecule has 3 heterocycles. The Morgan fingerprint density at radius 2 is 1.23 bits per heavy atom. The van der Waals surface area contributed by atoms with Crippen LogP contribution in [0.3, 0.4) is 0 Å². The summed E-state index contributed by atoms with van der Waals surface area (Å²) in [6.07, 6.45) is 0. The molecule has 0 atom stereocenters. The van der Waals surface area contributed by atoms with Gasteiger partial charge in [0.05, 0.1) is 22.0 Å². The molecule has 3 rings (SSSR count). The van der Waals surface area contributed by atoms with Gasteiger partial charge in [-0.3, -0.25) is 20.2 Å². The molecule has 0 bridgehead atoms. The van der Waals surface area contributed by atoms with E-state index < -0.39 is 9.85 Å². The van der Waals surface area contributed by atoms with Gasteiger partial charge in [0, 0.05) is 0 Å². The van der Waals surface area contributed by atoms with E-state index in [1.807, 2.05) is 0 Å². The van der Waals surface area contributed by atoms with Gasteiger partial charge in [0.2, 0.25) is 0 Å². The van der Waals surface area contributed by atoms with Gasteiger partial charge in [-0.2, -0.15) is 0 Å². The monoisotopic (exact) mass is 304 g/mol. The lowest BCUT2D eigenvalue weighted by atomic mass is 10.2. The van der Waals surface area contributed by atoms with Crippen molar-refractivity contribution >= 4 is 11.4 Å². The van der Waals surface area contributed by atoms with Crippen molar-refractivity contribution in [2.24, 2.45) is 0 Å². The summed E-state index contributed by atoms with van der Waals surface area (Å²) in [6, 6.07) is 2.36. The Balaban J connectivity index is 2.10. The first-order valence-corrected chi connectivity index (χ1v) is 6.04. The van der Waals surface area contributed by atoms with E-state index in [0.29, 0.717) is 0 Å². The van der Waals surface area contributed by atoms with E-state index in [4.69, 9.17) is 9.47 Å². The summed E-state index contributed by atoms with van der Waals surface area (Å²) in [4.78, 5) is 28.5. The lowest BCUT2D eigenvalue weighted by Crippen LogP contribution is -2.07. The Morgan fingerprint density at radius 1 is 0.864 bits per heavy atom. The van der Waals surface area contributed by atoms with Crippen LogP contribution in [-0.4, -0.2) is 19.8 Å². The number of fused-ring (bicyclic) bond motifs is 2. The summed E-state index contributed by atoms with van der Waals surface area (Å²) in [7, 11) is 0. The molecule has 2 aromatic rings. The molecule has 0 radical (unpaired) electrons. The van der Waals surface area contributed by atoms with Crippen LogP contribution in [0.25, 0.3) is 0 Å². The molecule has 0 amide bonds. The molecule has 112 valence electrons.